The summed E-state index contributed by atoms with van der Waals surface area (Å²) in [6.07, 6.45) is 0.623. The van der Waals surface area contributed by atoms with Gasteiger partial charge in [0.2, 0.25) is 5.92 Å². The molecule has 0 amide bonds. The first-order chi connectivity index (χ1) is 8.37. The average molecular weight is 383 g/mol. The van der Waals surface area contributed by atoms with Gasteiger partial charge in [-0.15, -0.1) is 0 Å². The molecule has 0 aromatic heterocycles. The maximum Gasteiger partial charge on any atom is 0.248 e. The van der Waals surface area contributed by atoms with Gasteiger partial charge in [0, 0.05) is 28.3 Å². The molecule has 1 nitrogen and oxygen atoms in total. The number of alkyl halides is 2. The minimum Gasteiger partial charge on any atom is -0.383 e. The van der Waals surface area contributed by atoms with E-state index in [9.17, 15) is 8.78 Å². The minimum absolute atomic E-state index is 0.00109. The van der Waals surface area contributed by atoms with Gasteiger partial charge < -0.3 is 5.32 Å². The Kier molecular flexibility index (Phi) is 4.32. The number of halogens is 4. The number of rotatable bonds is 3. The van der Waals surface area contributed by atoms with Crippen molar-refractivity contribution in [2.24, 2.45) is 5.92 Å². The van der Waals surface area contributed by atoms with Crippen LogP contribution in [0.15, 0.2) is 21.1 Å². The molecule has 0 radical (unpaired) electrons. The van der Waals surface area contributed by atoms with Crippen LogP contribution < -0.4 is 5.32 Å². The molecule has 1 N–H and O–H groups in total. The molecule has 100 valence electrons. The van der Waals surface area contributed by atoms with Crippen molar-refractivity contribution in [3.63, 3.8) is 0 Å². The zero-order valence-electron chi connectivity index (χ0n) is 10.1. The Morgan fingerprint density at radius 1 is 1.33 bits per heavy atom. The fraction of sp³-hybridized carbons (Fsp3) is 0.538. The van der Waals surface area contributed by atoms with Gasteiger partial charge in [-0.25, -0.2) is 8.78 Å². The molecule has 1 aromatic rings. The van der Waals surface area contributed by atoms with E-state index in [0.717, 1.165) is 20.2 Å². The molecular weight excluding hydrogens is 368 g/mol. The van der Waals surface area contributed by atoms with Crippen molar-refractivity contribution >= 4 is 37.5 Å². The van der Waals surface area contributed by atoms with E-state index in [2.05, 4.69) is 37.2 Å². The second-order valence-corrected chi connectivity index (χ2v) is 6.66. The second-order valence-electron chi connectivity index (χ2n) is 4.95. The molecule has 1 unspecified atom stereocenters. The number of benzene rings is 1. The predicted octanol–water partition coefficient (Wildman–Crippen LogP) is 5.37. The highest BCUT2D eigenvalue weighted by Crippen LogP contribution is 2.39. The summed E-state index contributed by atoms with van der Waals surface area (Å²) in [5, 5.41) is 3.26. The van der Waals surface area contributed by atoms with Crippen molar-refractivity contribution in [1.82, 2.24) is 0 Å². The van der Waals surface area contributed by atoms with E-state index in [0.29, 0.717) is 13.0 Å². The summed E-state index contributed by atoms with van der Waals surface area (Å²) in [7, 11) is 0. The molecule has 5 heteroatoms. The zero-order chi connectivity index (χ0) is 13.3. The van der Waals surface area contributed by atoms with E-state index in [1.165, 1.54) is 0 Å². The Balaban J connectivity index is 1.99. The SMILES string of the molecule is Cc1cc(Br)c(NCC2CCC(F)(F)C2)c(Br)c1. The number of anilines is 1. The molecule has 1 atom stereocenters. The first kappa shape index (κ1) is 14.3. The summed E-state index contributed by atoms with van der Waals surface area (Å²) in [5.74, 6) is -2.41. The number of nitrogens with one attached hydrogen (secondary N) is 1. The van der Waals surface area contributed by atoms with Gasteiger partial charge in [0.1, 0.15) is 0 Å². The highest BCUT2D eigenvalue weighted by molar-refractivity contribution is 9.11. The summed E-state index contributed by atoms with van der Waals surface area (Å²) in [6.45, 7) is 2.60. The van der Waals surface area contributed by atoms with Crippen LogP contribution in [0.3, 0.4) is 0 Å². The normalized spacial score (nSPS) is 22.2. The van der Waals surface area contributed by atoms with E-state index < -0.39 is 5.92 Å². The largest absolute Gasteiger partial charge is 0.383 e. The highest BCUT2D eigenvalue weighted by Gasteiger charge is 2.39. The van der Waals surface area contributed by atoms with Crippen molar-refractivity contribution in [3.05, 3.63) is 26.6 Å². The molecule has 0 heterocycles. The minimum atomic E-state index is -2.46. The number of hydrogen-bond donors (Lipinski definition) is 1. The maximum atomic E-state index is 13.1. The van der Waals surface area contributed by atoms with Crippen LogP contribution in [-0.2, 0) is 0 Å². The van der Waals surface area contributed by atoms with Crippen molar-refractivity contribution in [2.75, 3.05) is 11.9 Å². The van der Waals surface area contributed by atoms with Gasteiger partial charge >= 0.3 is 0 Å². The van der Waals surface area contributed by atoms with Crippen LogP contribution in [0.1, 0.15) is 24.8 Å². The van der Waals surface area contributed by atoms with Crippen LogP contribution in [0.5, 0.6) is 0 Å². The standard InChI is InChI=1S/C13H15Br2F2N/c1-8-4-10(14)12(11(15)5-8)18-7-9-2-3-13(16,17)6-9/h4-5,9,18H,2-3,6-7H2,1H3. The molecular formula is C13H15Br2F2N. The first-order valence-electron chi connectivity index (χ1n) is 5.95. The summed E-state index contributed by atoms with van der Waals surface area (Å²) < 4.78 is 28.1. The van der Waals surface area contributed by atoms with Crippen LogP contribution in [0.2, 0.25) is 0 Å². The lowest BCUT2D eigenvalue weighted by Crippen LogP contribution is -2.15. The number of hydrogen-bond acceptors (Lipinski definition) is 1. The average Bonchev–Trinajstić information content (AvgIpc) is 2.56. The Morgan fingerprint density at radius 3 is 2.44 bits per heavy atom. The van der Waals surface area contributed by atoms with Gasteiger partial charge in [-0.3, -0.25) is 0 Å². The Morgan fingerprint density at radius 2 is 1.94 bits per heavy atom. The predicted molar refractivity (Wildman–Crippen MR) is 77.4 cm³/mol. The molecule has 0 bridgehead atoms. The van der Waals surface area contributed by atoms with Crippen molar-refractivity contribution in [2.45, 2.75) is 32.1 Å². The van der Waals surface area contributed by atoms with E-state index in [-0.39, 0.29) is 18.8 Å². The second kappa shape index (κ2) is 5.45. The topological polar surface area (TPSA) is 12.0 Å². The van der Waals surface area contributed by atoms with E-state index in [4.69, 9.17) is 0 Å². The van der Waals surface area contributed by atoms with Crippen LogP contribution in [-0.4, -0.2) is 12.5 Å². The quantitative estimate of drug-likeness (QED) is 0.741. The zero-order valence-corrected chi connectivity index (χ0v) is 13.2. The van der Waals surface area contributed by atoms with Crippen molar-refractivity contribution < 1.29 is 8.78 Å². The molecule has 1 aromatic carbocycles. The lowest BCUT2D eigenvalue weighted by atomic mass is 10.1. The summed E-state index contributed by atoms with van der Waals surface area (Å²) >= 11 is 6.98. The van der Waals surface area contributed by atoms with E-state index in [1.807, 2.05) is 19.1 Å². The van der Waals surface area contributed by atoms with Gasteiger partial charge in [0.05, 0.1) is 5.69 Å². The molecule has 18 heavy (non-hydrogen) atoms. The monoisotopic (exact) mass is 381 g/mol. The smallest absolute Gasteiger partial charge is 0.248 e. The van der Waals surface area contributed by atoms with Crippen molar-refractivity contribution in [1.29, 1.82) is 0 Å². The molecule has 0 saturated heterocycles. The van der Waals surface area contributed by atoms with Crippen molar-refractivity contribution in [3.8, 4) is 0 Å². The van der Waals surface area contributed by atoms with Crippen LogP contribution in [0.25, 0.3) is 0 Å². The van der Waals surface area contributed by atoms with Gasteiger partial charge in [-0.05, 0) is 68.8 Å². The fourth-order valence-corrected chi connectivity index (χ4v) is 4.03. The third-order valence-corrected chi connectivity index (χ3v) is 4.51. The molecule has 1 saturated carbocycles. The third kappa shape index (κ3) is 3.44. The summed E-state index contributed by atoms with van der Waals surface area (Å²) in [6, 6.07) is 4.02. The molecule has 1 aliphatic carbocycles. The molecule has 1 fully saturated rings. The van der Waals surface area contributed by atoms with Crippen LogP contribution in [0.4, 0.5) is 14.5 Å². The molecule has 0 aliphatic heterocycles. The molecule has 1 aliphatic rings. The molecule has 2 rings (SSSR count). The third-order valence-electron chi connectivity index (χ3n) is 3.26. The van der Waals surface area contributed by atoms with Gasteiger partial charge in [0.25, 0.3) is 0 Å². The van der Waals surface area contributed by atoms with Gasteiger partial charge in [-0.2, -0.15) is 0 Å². The summed E-state index contributed by atoms with van der Waals surface area (Å²) in [4.78, 5) is 0. The van der Waals surface area contributed by atoms with Gasteiger partial charge in [0.15, 0.2) is 0 Å². The Bertz CT molecular complexity index is 426. The van der Waals surface area contributed by atoms with E-state index >= 15 is 0 Å². The summed E-state index contributed by atoms with van der Waals surface area (Å²) in [5.41, 5.74) is 2.09. The van der Waals surface area contributed by atoms with Crippen LogP contribution >= 0.6 is 31.9 Å². The van der Waals surface area contributed by atoms with Crippen LogP contribution in [0, 0.1) is 12.8 Å². The Labute approximate surface area is 123 Å². The molecule has 0 spiro atoms. The first-order valence-corrected chi connectivity index (χ1v) is 7.53. The fourth-order valence-electron chi connectivity index (χ4n) is 2.33. The van der Waals surface area contributed by atoms with E-state index in [1.54, 1.807) is 0 Å². The lowest BCUT2D eigenvalue weighted by molar-refractivity contribution is 0.00556. The Hall–Kier alpha value is -0.160. The van der Waals surface area contributed by atoms with Gasteiger partial charge in [-0.1, -0.05) is 0 Å². The maximum absolute atomic E-state index is 13.1. The lowest BCUT2D eigenvalue weighted by Gasteiger charge is -2.15. The highest BCUT2D eigenvalue weighted by atomic mass is 79.9. The number of aryl methyl sites for hydroxylation is 1.